The minimum absolute atomic E-state index is 0.523. The van der Waals surface area contributed by atoms with Crippen molar-refractivity contribution in [1.29, 1.82) is 0 Å². The zero-order chi connectivity index (χ0) is 20.2. The highest BCUT2D eigenvalue weighted by Crippen LogP contribution is 2.33. The van der Waals surface area contributed by atoms with E-state index in [4.69, 9.17) is 14.5 Å². The summed E-state index contributed by atoms with van der Waals surface area (Å²) in [6.45, 7) is 3.52. The minimum Gasteiger partial charge on any atom is -0.497 e. The summed E-state index contributed by atoms with van der Waals surface area (Å²) in [4.78, 5) is 20.1. The van der Waals surface area contributed by atoms with Crippen molar-refractivity contribution < 1.29 is 9.47 Å². The first kappa shape index (κ1) is 18.7. The lowest BCUT2D eigenvalue weighted by Gasteiger charge is -2.28. The van der Waals surface area contributed by atoms with Gasteiger partial charge in [0.05, 0.1) is 32.7 Å². The molecule has 1 aliphatic rings. The predicted octanol–water partition coefficient (Wildman–Crippen LogP) is 3.59. The van der Waals surface area contributed by atoms with Crippen LogP contribution in [0.4, 0.5) is 23.1 Å². The van der Waals surface area contributed by atoms with Gasteiger partial charge in [-0.05, 0) is 31.2 Å². The fraction of sp³-hybridized carbons (Fsp3) is 0.238. The Balaban J connectivity index is 1.70. The van der Waals surface area contributed by atoms with Crippen molar-refractivity contribution in [1.82, 2.24) is 15.0 Å². The Labute approximate surface area is 169 Å². The topological polar surface area (TPSA) is 84.8 Å². The van der Waals surface area contributed by atoms with Gasteiger partial charge < -0.3 is 19.7 Å². The van der Waals surface area contributed by atoms with Crippen molar-refractivity contribution in [2.24, 2.45) is 4.99 Å². The zero-order valence-corrected chi connectivity index (χ0v) is 16.6. The number of anilines is 3. The van der Waals surface area contributed by atoms with E-state index in [0.717, 1.165) is 46.5 Å². The summed E-state index contributed by atoms with van der Waals surface area (Å²) < 4.78 is 10.8. The Kier molecular flexibility index (Phi) is 5.24. The van der Waals surface area contributed by atoms with Crippen LogP contribution in [0.1, 0.15) is 12.5 Å². The van der Waals surface area contributed by atoms with Crippen LogP contribution in [0.15, 0.2) is 53.9 Å². The Morgan fingerprint density at radius 1 is 1.07 bits per heavy atom. The van der Waals surface area contributed by atoms with E-state index < -0.39 is 0 Å². The number of nitrogens with one attached hydrogen (secondary N) is 1. The second-order valence-corrected chi connectivity index (χ2v) is 6.44. The lowest BCUT2D eigenvalue weighted by atomic mass is 10.1. The first-order valence-corrected chi connectivity index (χ1v) is 9.30. The van der Waals surface area contributed by atoms with Crippen LogP contribution in [0.25, 0.3) is 0 Å². The molecule has 8 heteroatoms. The standard InChI is InChI=1S/C21H22N6O2/c1-4-27-13-19(14-9-16(28-2)11-17(10-14)29-3)25-18-12-23-21(26-20(18)27)24-15-5-7-22-8-6-15/h5-12H,4,13H2,1-3H3,(H,22,23,24,26). The summed E-state index contributed by atoms with van der Waals surface area (Å²) >= 11 is 0. The van der Waals surface area contributed by atoms with Gasteiger partial charge in [0.1, 0.15) is 17.2 Å². The van der Waals surface area contributed by atoms with E-state index in [2.05, 4.69) is 32.1 Å². The number of rotatable bonds is 6. The monoisotopic (exact) mass is 390 g/mol. The molecule has 2 aromatic heterocycles. The third-order valence-corrected chi connectivity index (χ3v) is 4.65. The molecule has 4 rings (SSSR count). The maximum absolute atomic E-state index is 5.40. The lowest BCUT2D eigenvalue weighted by Crippen LogP contribution is -2.33. The van der Waals surface area contributed by atoms with Crippen LogP contribution in [0.2, 0.25) is 0 Å². The molecule has 0 radical (unpaired) electrons. The van der Waals surface area contributed by atoms with Gasteiger partial charge >= 0.3 is 0 Å². The largest absolute Gasteiger partial charge is 0.497 e. The van der Waals surface area contributed by atoms with Gasteiger partial charge in [-0.15, -0.1) is 0 Å². The van der Waals surface area contributed by atoms with Crippen molar-refractivity contribution >= 4 is 28.9 Å². The van der Waals surface area contributed by atoms with Crippen molar-refractivity contribution in [2.75, 3.05) is 37.5 Å². The van der Waals surface area contributed by atoms with Crippen LogP contribution in [0.3, 0.4) is 0 Å². The highest BCUT2D eigenvalue weighted by molar-refractivity contribution is 6.07. The number of hydrogen-bond acceptors (Lipinski definition) is 8. The number of aromatic nitrogens is 3. The molecule has 3 heterocycles. The van der Waals surface area contributed by atoms with Crippen molar-refractivity contribution in [3.63, 3.8) is 0 Å². The molecule has 0 aliphatic carbocycles. The molecule has 0 amide bonds. The number of nitrogens with zero attached hydrogens (tertiary/aromatic N) is 5. The molecule has 8 nitrogen and oxygen atoms in total. The second kappa shape index (κ2) is 8.14. The summed E-state index contributed by atoms with van der Waals surface area (Å²) in [5.74, 6) is 2.78. The molecule has 0 atom stereocenters. The molecule has 29 heavy (non-hydrogen) atoms. The van der Waals surface area contributed by atoms with Gasteiger partial charge in [0, 0.05) is 36.3 Å². The van der Waals surface area contributed by atoms with Crippen LogP contribution in [0, 0.1) is 0 Å². The van der Waals surface area contributed by atoms with Crippen LogP contribution in [-0.2, 0) is 0 Å². The molecule has 0 unspecified atom stereocenters. The van der Waals surface area contributed by atoms with E-state index in [1.54, 1.807) is 32.8 Å². The molecule has 0 saturated carbocycles. The Morgan fingerprint density at radius 3 is 2.45 bits per heavy atom. The van der Waals surface area contributed by atoms with E-state index in [0.29, 0.717) is 12.5 Å². The number of ether oxygens (including phenoxy) is 2. The number of hydrogen-bond donors (Lipinski definition) is 1. The van der Waals surface area contributed by atoms with Gasteiger partial charge in [-0.2, -0.15) is 4.98 Å². The average molecular weight is 390 g/mol. The van der Waals surface area contributed by atoms with E-state index in [9.17, 15) is 0 Å². The number of aliphatic imine (C=N–C) groups is 1. The zero-order valence-electron chi connectivity index (χ0n) is 16.6. The average Bonchev–Trinajstić information content (AvgIpc) is 2.78. The molecule has 0 spiro atoms. The fourth-order valence-corrected chi connectivity index (χ4v) is 3.13. The van der Waals surface area contributed by atoms with Crippen molar-refractivity contribution in [2.45, 2.75) is 6.92 Å². The quantitative estimate of drug-likeness (QED) is 0.688. The molecule has 3 aromatic rings. The predicted molar refractivity (Wildman–Crippen MR) is 113 cm³/mol. The number of benzene rings is 1. The second-order valence-electron chi connectivity index (χ2n) is 6.44. The Hall–Kier alpha value is -3.68. The minimum atomic E-state index is 0.523. The smallest absolute Gasteiger partial charge is 0.229 e. The van der Waals surface area contributed by atoms with E-state index in [1.807, 2.05) is 30.3 Å². The number of methoxy groups -OCH3 is 2. The summed E-state index contributed by atoms with van der Waals surface area (Å²) in [5, 5.41) is 3.20. The van der Waals surface area contributed by atoms with Gasteiger partial charge in [0.15, 0.2) is 5.82 Å². The van der Waals surface area contributed by atoms with E-state index in [1.165, 1.54) is 0 Å². The molecular weight excluding hydrogens is 368 g/mol. The first-order chi connectivity index (χ1) is 14.2. The Bertz CT molecular complexity index is 1020. The summed E-state index contributed by atoms with van der Waals surface area (Å²) in [6, 6.07) is 9.50. The molecule has 0 saturated heterocycles. The molecule has 1 N–H and O–H groups in total. The molecular formula is C21H22N6O2. The summed E-state index contributed by atoms with van der Waals surface area (Å²) in [7, 11) is 3.28. The molecule has 1 aromatic carbocycles. The first-order valence-electron chi connectivity index (χ1n) is 9.30. The van der Waals surface area contributed by atoms with Gasteiger partial charge in [-0.3, -0.25) is 4.98 Å². The highest BCUT2D eigenvalue weighted by atomic mass is 16.5. The van der Waals surface area contributed by atoms with Gasteiger partial charge in [0.2, 0.25) is 5.95 Å². The maximum Gasteiger partial charge on any atom is 0.229 e. The summed E-state index contributed by atoms with van der Waals surface area (Å²) in [6.07, 6.45) is 5.18. The summed E-state index contributed by atoms with van der Waals surface area (Å²) in [5.41, 5.74) is 3.47. The van der Waals surface area contributed by atoms with Crippen LogP contribution in [-0.4, -0.2) is 48.0 Å². The van der Waals surface area contributed by atoms with Gasteiger partial charge in [-0.25, -0.2) is 9.98 Å². The fourth-order valence-electron chi connectivity index (χ4n) is 3.13. The number of fused-ring (bicyclic) bond motifs is 1. The van der Waals surface area contributed by atoms with Crippen LogP contribution >= 0.6 is 0 Å². The molecule has 0 fully saturated rings. The van der Waals surface area contributed by atoms with E-state index in [-0.39, 0.29) is 0 Å². The lowest BCUT2D eigenvalue weighted by molar-refractivity contribution is 0.394. The maximum atomic E-state index is 5.40. The normalized spacial score (nSPS) is 12.8. The number of pyridine rings is 1. The third-order valence-electron chi connectivity index (χ3n) is 4.65. The van der Waals surface area contributed by atoms with E-state index >= 15 is 0 Å². The Morgan fingerprint density at radius 2 is 1.79 bits per heavy atom. The third kappa shape index (κ3) is 3.96. The highest BCUT2D eigenvalue weighted by Gasteiger charge is 2.22. The molecule has 1 aliphatic heterocycles. The van der Waals surface area contributed by atoms with Crippen LogP contribution in [0.5, 0.6) is 11.5 Å². The van der Waals surface area contributed by atoms with Crippen molar-refractivity contribution in [3.05, 3.63) is 54.5 Å². The molecule has 0 bridgehead atoms. The number of likely N-dealkylation sites (N-methyl/N-ethyl adjacent to an activating group) is 1. The van der Waals surface area contributed by atoms with Crippen LogP contribution < -0.4 is 19.7 Å². The SMILES string of the molecule is CCN1CC(c2cc(OC)cc(OC)c2)=Nc2cnc(Nc3ccncc3)nc21. The van der Waals surface area contributed by atoms with Gasteiger partial charge in [-0.1, -0.05) is 0 Å². The van der Waals surface area contributed by atoms with Crippen molar-refractivity contribution in [3.8, 4) is 11.5 Å². The molecule has 148 valence electrons. The van der Waals surface area contributed by atoms with Gasteiger partial charge in [0.25, 0.3) is 0 Å².